The van der Waals surface area contributed by atoms with Crippen LogP contribution in [0.4, 0.5) is 8.78 Å². The summed E-state index contributed by atoms with van der Waals surface area (Å²) < 4.78 is 35.4. The minimum absolute atomic E-state index is 0.00101. The van der Waals surface area contributed by atoms with E-state index in [9.17, 15) is 18.4 Å². The van der Waals surface area contributed by atoms with E-state index < -0.39 is 18.2 Å². The second-order valence-corrected chi connectivity index (χ2v) is 7.01. The van der Waals surface area contributed by atoms with Crippen molar-refractivity contribution >= 4 is 11.8 Å². The summed E-state index contributed by atoms with van der Waals surface area (Å²) in [4.78, 5) is 26.2. The number of ether oxygens (including phenoxy) is 2. The number of carbonyl (C=O) groups is 2. The molecule has 2 aliphatic heterocycles. The first kappa shape index (κ1) is 19.3. The molecule has 0 radical (unpaired) electrons. The second kappa shape index (κ2) is 7.30. The van der Waals surface area contributed by atoms with E-state index in [2.05, 4.69) is 14.8 Å². The Labute approximate surface area is 155 Å². The summed E-state index contributed by atoms with van der Waals surface area (Å²) >= 11 is 0. The van der Waals surface area contributed by atoms with Gasteiger partial charge in [0.1, 0.15) is 0 Å². The molecule has 0 aliphatic carbocycles. The Morgan fingerprint density at radius 1 is 1.26 bits per heavy atom. The van der Waals surface area contributed by atoms with Crippen molar-refractivity contribution in [1.29, 1.82) is 0 Å². The molecule has 0 aromatic heterocycles. The summed E-state index contributed by atoms with van der Waals surface area (Å²) in [5, 5.41) is 2.84. The zero-order valence-corrected chi connectivity index (χ0v) is 15.2. The van der Waals surface area contributed by atoms with Gasteiger partial charge in [0.05, 0.1) is 11.6 Å². The van der Waals surface area contributed by atoms with E-state index in [0.29, 0.717) is 13.1 Å². The number of carbonyl (C=O) groups excluding carboxylic acids is 2. The van der Waals surface area contributed by atoms with Crippen LogP contribution in [0.3, 0.4) is 0 Å². The third-order valence-corrected chi connectivity index (χ3v) is 4.98. The van der Waals surface area contributed by atoms with Gasteiger partial charge >= 0.3 is 6.29 Å². The van der Waals surface area contributed by atoms with Crippen LogP contribution in [0.15, 0.2) is 18.2 Å². The lowest BCUT2D eigenvalue weighted by molar-refractivity contribution is -0.286. The van der Waals surface area contributed by atoms with Crippen LogP contribution in [-0.2, 0) is 4.79 Å². The number of amides is 2. The Kier molecular flexibility index (Phi) is 5.23. The number of nitrogens with zero attached hydrogens (tertiary/aromatic N) is 1. The Hall–Kier alpha value is -2.42. The van der Waals surface area contributed by atoms with Crippen LogP contribution in [-0.4, -0.2) is 48.2 Å². The quantitative estimate of drug-likeness (QED) is 0.826. The molecule has 27 heavy (non-hydrogen) atoms. The van der Waals surface area contributed by atoms with Crippen LogP contribution in [0.2, 0.25) is 0 Å². The predicted octanol–water partition coefficient (Wildman–Crippen LogP) is 1.71. The van der Waals surface area contributed by atoms with Crippen molar-refractivity contribution in [1.82, 2.24) is 10.2 Å². The number of fused-ring (bicyclic) bond motifs is 1. The number of nitrogens with two attached hydrogens (primary N) is 1. The molecule has 1 fully saturated rings. The average molecular weight is 383 g/mol. The van der Waals surface area contributed by atoms with Crippen molar-refractivity contribution in [3.05, 3.63) is 23.8 Å². The number of alkyl halides is 2. The fourth-order valence-electron chi connectivity index (χ4n) is 3.46. The third kappa shape index (κ3) is 4.13. The number of benzene rings is 1. The maximum absolute atomic E-state index is 13.3. The molecule has 1 aromatic carbocycles. The number of nitrogens with one attached hydrogen (secondary N) is 1. The Morgan fingerprint density at radius 3 is 2.56 bits per heavy atom. The third-order valence-electron chi connectivity index (χ3n) is 4.98. The first-order valence-electron chi connectivity index (χ1n) is 8.92. The van der Waals surface area contributed by atoms with Crippen molar-refractivity contribution < 1.29 is 27.8 Å². The minimum atomic E-state index is -3.77. The number of para-hydroxylation sites is 1. The zero-order valence-electron chi connectivity index (χ0n) is 15.2. The molecule has 0 saturated carbocycles. The fourth-order valence-corrected chi connectivity index (χ4v) is 3.46. The standard InChI is InChI=1S/C18H23F2N3O4/c1-10(21)17(25)23-8-6-12(7-9-23)11(2)22-16(24)13-4-3-5-14-15(13)27-18(19,20)26-14/h3-5,10-12H,6-9,21H2,1-2H3,(H,22,24). The number of piperidine rings is 1. The number of halogens is 2. The van der Waals surface area contributed by atoms with Gasteiger partial charge in [-0.15, -0.1) is 8.78 Å². The van der Waals surface area contributed by atoms with Gasteiger partial charge in [-0.25, -0.2) is 0 Å². The van der Waals surface area contributed by atoms with Gasteiger partial charge < -0.3 is 25.4 Å². The van der Waals surface area contributed by atoms with E-state index in [4.69, 9.17) is 5.73 Å². The van der Waals surface area contributed by atoms with Crippen LogP contribution >= 0.6 is 0 Å². The second-order valence-electron chi connectivity index (χ2n) is 7.01. The molecule has 3 N–H and O–H groups in total. The summed E-state index contributed by atoms with van der Waals surface area (Å²) in [6.07, 6.45) is -2.32. The van der Waals surface area contributed by atoms with Crippen LogP contribution < -0.4 is 20.5 Å². The molecule has 9 heteroatoms. The Morgan fingerprint density at radius 2 is 1.93 bits per heavy atom. The number of hydrogen-bond donors (Lipinski definition) is 2. The normalized spacial score (nSPS) is 20.9. The molecule has 2 amide bonds. The zero-order chi connectivity index (χ0) is 19.8. The molecule has 148 valence electrons. The van der Waals surface area contributed by atoms with Gasteiger partial charge in [-0.3, -0.25) is 9.59 Å². The number of hydrogen-bond acceptors (Lipinski definition) is 5. The molecule has 2 unspecified atom stereocenters. The summed E-state index contributed by atoms with van der Waals surface area (Å²) in [5.41, 5.74) is 5.63. The van der Waals surface area contributed by atoms with Crippen LogP contribution in [0, 0.1) is 5.92 Å². The first-order chi connectivity index (χ1) is 12.7. The van der Waals surface area contributed by atoms with Gasteiger partial charge in [-0.2, -0.15) is 0 Å². The lowest BCUT2D eigenvalue weighted by Crippen LogP contribution is -2.49. The van der Waals surface area contributed by atoms with Gasteiger partial charge in [0, 0.05) is 19.1 Å². The first-order valence-corrected chi connectivity index (χ1v) is 8.92. The smallest absolute Gasteiger partial charge is 0.395 e. The molecule has 0 spiro atoms. The minimum Gasteiger partial charge on any atom is -0.395 e. The maximum atomic E-state index is 13.3. The van der Waals surface area contributed by atoms with Crippen molar-refractivity contribution in [3.63, 3.8) is 0 Å². The van der Waals surface area contributed by atoms with Crippen LogP contribution in [0.25, 0.3) is 0 Å². The molecule has 0 bridgehead atoms. The van der Waals surface area contributed by atoms with E-state index in [1.54, 1.807) is 11.8 Å². The van der Waals surface area contributed by atoms with Gasteiger partial charge in [-0.1, -0.05) is 6.07 Å². The average Bonchev–Trinajstić information content (AvgIpc) is 2.94. The van der Waals surface area contributed by atoms with E-state index in [1.807, 2.05) is 6.92 Å². The molecule has 2 atom stereocenters. The predicted molar refractivity (Wildman–Crippen MR) is 92.5 cm³/mol. The summed E-state index contributed by atoms with van der Waals surface area (Å²) in [7, 11) is 0. The highest BCUT2D eigenvalue weighted by molar-refractivity contribution is 5.98. The summed E-state index contributed by atoms with van der Waals surface area (Å²) in [5.74, 6) is -0.841. The number of rotatable bonds is 4. The van der Waals surface area contributed by atoms with E-state index in [0.717, 1.165) is 12.8 Å². The van der Waals surface area contributed by atoms with Crippen molar-refractivity contribution in [2.75, 3.05) is 13.1 Å². The molecule has 7 nitrogen and oxygen atoms in total. The highest BCUT2D eigenvalue weighted by Gasteiger charge is 2.45. The lowest BCUT2D eigenvalue weighted by Gasteiger charge is -2.35. The van der Waals surface area contributed by atoms with E-state index in [1.165, 1.54) is 18.2 Å². The highest BCUT2D eigenvalue weighted by atomic mass is 19.3. The molecule has 2 heterocycles. The Bertz CT molecular complexity index is 733. The Balaban J connectivity index is 1.60. The molecule has 1 aromatic rings. The summed E-state index contributed by atoms with van der Waals surface area (Å²) in [6.45, 7) is 4.68. The van der Waals surface area contributed by atoms with Gasteiger partial charge in [0.15, 0.2) is 11.5 Å². The monoisotopic (exact) mass is 383 g/mol. The van der Waals surface area contributed by atoms with Crippen molar-refractivity contribution in [2.45, 2.75) is 45.1 Å². The fraction of sp³-hybridized carbons (Fsp3) is 0.556. The molecular formula is C18H23F2N3O4. The maximum Gasteiger partial charge on any atom is 0.586 e. The lowest BCUT2D eigenvalue weighted by atomic mass is 9.90. The van der Waals surface area contributed by atoms with Crippen molar-refractivity contribution in [3.8, 4) is 11.5 Å². The van der Waals surface area contributed by atoms with E-state index >= 15 is 0 Å². The molecular weight excluding hydrogens is 360 g/mol. The molecule has 3 rings (SSSR count). The SMILES string of the molecule is CC(N)C(=O)N1CCC(C(C)NC(=O)c2cccc3c2OC(F)(F)O3)CC1. The van der Waals surface area contributed by atoms with Gasteiger partial charge in [0.25, 0.3) is 5.91 Å². The topological polar surface area (TPSA) is 93.9 Å². The summed E-state index contributed by atoms with van der Waals surface area (Å²) in [6, 6.07) is 3.47. The number of likely N-dealkylation sites (tertiary alicyclic amines) is 1. The molecule has 1 saturated heterocycles. The van der Waals surface area contributed by atoms with Crippen molar-refractivity contribution in [2.24, 2.45) is 11.7 Å². The highest BCUT2D eigenvalue weighted by Crippen LogP contribution is 2.43. The van der Waals surface area contributed by atoms with Gasteiger partial charge in [0.2, 0.25) is 5.91 Å². The van der Waals surface area contributed by atoms with Gasteiger partial charge in [-0.05, 0) is 44.7 Å². The van der Waals surface area contributed by atoms with Crippen LogP contribution in [0.5, 0.6) is 11.5 Å². The molecule has 2 aliphatic rings. The largest absolute Gasteiger partial charge is 0.586 e. The van der Waals surface area contributed by atoms with Crippen LogP contribution in [0.1, 0.15) is 37.0 Å². The van der Waals surface area contributed by atoms with E-state index in [-0.39, 0.29) is 34.9 Å².